The third-order valence-corrected chi connectivity index (χ3v) is 3.07. The van der Waals surface area contributed by atoms with Gasteiger partial charge in [-0.3, -0.25) is 4.79 Å². The predicted molar refractivity (Wildman–Crippen MR) is 63.6 cm³/mol. The highest BCUT2D eigenvalue weighted by Crippen LogP contribution is 2.22. The van der Waals surface area contributed by atoms with E-state index in [0.29, 0.717) is 10.8 Å². The first-order valence-electron chi connectivity index (χ1n) is 4.63. The third-order valence-electron chi connectivity index (χ3n) is 1.84. The zero-order valence-corrected chi connectivity index (χ0v) is 10.5. The molecule has 0 aliphatic rings. The van der Waals surface area contributed by atoms with Gasteiger partial charge in [0.1, 0.15) is 0 Å². The number of carboxylic acids is 1. The molecule has 0 fully saturated rings. The molecule has 0 atom stereocenters. The maximum absolute atomic E-state index is 10.9. The topological polar surface area (TPSA) is 76.5 Å². The summed E-state index contributed by atoms with van der Waals surface area (Å²) in [5, 5.41) is 9.45. The van der Waals surface area contributed by atoms with Gasteiger partial charge in [0, 0.05) is 11.9 Å². The van der Waals surface area contributed by atoms with Crippen LogP contribution in [0.25, 0.3) is 0 Å². The molecule has 0 bridgehead atoms. The first kappa shape index (κ1) is 13.8. The molecule has 1 rings (SSSR count). The number of carbonyl (C=O) groups excluding carboxylic acids is 1. The van der Waals surface area contributed by atoms with Crippen molar-refractivity contribution in [1.29, 1.82) is 0 Å². The molecule has 0 saturated heterocycles. The van der Waals surface area contributed by atoms with Gasteiger partial charge in [0.05, 0.1) is 29.1 Å². The molecule has 0 aliphatic heterocycles. The summed E-state index contributed by atoms with van der Waals surface area (Å²) in [4.78, 5) is 25.6. The van der Waals surface area contributed by atoms with Crippen LogP contribution in [0.2, 0.25) is 5.02 Å². The standard InChI is InChI=1S/C10H10ClNO4S/c1-16-9(13)2-3-17-8-4-6(10(14)15)7(11)5-12-8/h4-5H,2-3H2,1H3,(H,14,15). The molecule has 0 aliphatic carbocycles. The van der Waals surface area contributed by atoms with Crippen LogP contribution in [0.4, 0.5) is 0 Å². The van der Waals surface area contributed by atoms with E-state index >= 15 is 0 Å². The minimum Gasteiger partial charge on any atom is -0.478 e. The number of methoxy groups -OCH3 is 1. The molecule has 92 valence electrons. The Hall–Kier alpha value is -1.27. The van der Waals surface area contributed by atoms with Gasteiger partial charge in [-0.2, -0.15) is 0 Å². The number of carboxylic acid groups (broad SMARTS) is 1. The lowest BCUT2D eigenvalue weighted by Crippen LogP contribution is -2.02. The molecule has 1 N–H and O–H groups in total. The maximum Gasteiger partial charge on any atom is 0.337 e. The summed E-state index contributed by atoms with van der Waals surface area (Å²) in [6.07, 6.45) is 1.53. The predicted octanol–water partition coefficient (Wildman–Crippen LogP) is 2.09. The van der Waals surface area contributed by atoms with Gasteiger partial charge in [0.2, 0.25) is 0 Å². The molecule has 0 unspecified atom stereocenters. The molecule has 1 aromatic heterocycles. The van der Waals surface area contributed by atoms with E-state index in [1.807, 2.05) is 0 Å². The number of hydrogen-bond acceptors (Lipinski definition) is 5. The Labute approximate surface area is 107 Å². The zero-order chi connectivity index (χ0) is 12.8. The molecular weight excluding hydrogens is 266 g/mol. The highest BCUT2D eigenvalue weighted by atomic mass is 35.5. The minimum absolute atomic E-state index is 0.00207. The van der Waals surface area contributed by atoms with E-state index in [1.54, 1.807) is 0 Å². The van der Waals surface area contributed by atoms with Crippen molar-refractivity contribution in [2.24, 2.45) is 0 Å². The Morgan fingerprint density at radius 2 is 2.29 bits per heavy atom. The molecule has 7 heteroatoms. The van der Waals surface area contributed by atoms with Crippen LogP contribution in [0.3, 0.4) is 0 Å². The van der Waals surface area contributed by atoms with Crippen molar-refractivity contribution in [2.75, 3.05) is 12.9 Å². The SMILES string of the molecule is COC(=O)CCSc1cc(C(=O)O)c(Cl)cn1. The van der Waals surface area contributed by atoms with Crippen LogP contribution in [0, 0.1) is 0 Å². The molecular formula is C10H10ClNO4S. The van der Waals surface area contributed by atoms with Gasteiger partial charge >= 0.3 is 11.9 Å². The number of esters is 1. The van der Waals surface area contributed by atoms with Crippen molar-refractivity contribution in [3.8, 4) is 0 Å². The maximum atomic E-state index is 10.9. The normalized spacial score (nSPS) is 10.0. The van der Waals surface area contributed by atoms with Crippen LogP contribution >= 0.6 is 23.4 Å². The Bertz CT molecular complexity index is 438. The molecule has 1 heterocycles. The van der Waals surface area contributed by atoms with E-state index in [2.05, 4.69) is 9.72 Å². The van der Waals surface area contributed by atoms with Crippen LogP contribution in [0.5, 0.6) is 0 Å². The van der Waals surface area contributed by atoms with Crippen LogP contribution in [-0.4, -0.2) is 34.9 Å². The largest absolute Gasteiger partial charge is 0.478 e. The van der Waals surface area contributed by atoms with E-state index in [1.165, 1.54) is 31.1 Å². The number of thioether (sulfide) groups is 1. The van der Waals surface area contributed by atoms with Crippen molar-refractivity contribution in [3.63, 3.8) is 0 Å². The molecule has 17 heavy (non-hydrogen) atoms. The van der Waals surface area contributed by atoms with Crippen molar-refractivity contribution < 1.29 is 19.4 Å². The second-order valence-electron chi connectivity index (χ2n) is 2.98. The number of aromatic nitrogens is 1. The fourth-order valence-electron chi connectivity index (χ4n) is 1.00. The first-order valence-corrected chi connectivity index (χ1v) is 5.99. The number of nitrogens with zero attached hydrogens (tertiary/aromatic N) is 1. The Balaban J connectivity index is 2.63. The quantitative estimate of drug-likeness (QED) is 0.655. The molecule has 0 radical (unpaired) electrons. The summed E-state index contributed by atoms with van der Waals surface area (Å²) in [5.74, 6) is -0.947. The summed E-state index contributed by atoms with van der Waals surface area (Å²) >= 11 is 6.94. The summed E-state index contributed by atoms with van der Waals surface area (Å²) in [6, 6.07) is 1.38. The monoisotopic (exact) mass is 275 g/mol. The number of halogens is 1. The molecule has 1 aromatic rings. The van der Waals surface area contributed by atoms with Gasteiger partial charge in [-0.25, -0.2) is 9.78 Å². The van der Waals surface area contributed by atoms with Crippen LogP contribution in [0.1, 0.15) is 16.8 Å². The molecule has 5 nitrogen and oxygen atoms in total. The van der Waals surface area contributed by atoms with E-state index < -0.39 is 5.97 Å². The van der Waals surface area contributed by atoms with Crippen molar-refractivity contribution in [1.82, 2.24) is 4.98 Å². The highest BCUT2D eigenvalue weighted by Gasteiger charge is 2.11. The summed E-state index contributed by atoms with van der Waals surface area (Å²) in [7, 11) is 1.32. The van der Waals surface area contributed by atoms with Crippen LogP contribution in [0.15, 0.2) is 17.3 Å². The first-order chi connectivity index (χ1) is 8.04. The number of pyridine rings is 1. The zero-order valence-electron chi connectivity index (χ0n) is 8.97. The lowest BCUT2D eigenvalue weighted by molar-refractivity contribution is -0.140. The fourth-order valence-corrected chi connectivity index (χ4v) is 1.99. The summed E-state index contributed by atoms with van der Waals surface area (Å²) in [6.45, 7) is 0. The van der Waals surface area contributed by atoms with Gasteiger partial charge < -0.3 is 9.84 Å². The van der Waals surface area contributed by atoms with Gasteiger partial charge in [-0.1, -0.05) is 11.6 Å². The van der Waals surface area contributed by atoms with Crippen molar-refractivity contribution >= 4 is 35.3 Å². The Kier molecular flexibility index (Phi) is 5.24. The van der Waals surface area contributed by atoms with Crippen molar-refractivity contribution in [2.45, 2.75) is 11.4 Å². The summed E-state index contributed by atoms with van der Waals surface area (Å²) in [5.41, 5.74) is 0.00207. The molecule has 0 amide bonds. The average Bonchev–Trinajstić information content (AvgIpc) is 2.30. The van der Waals surface area contributed by atoms with E-state index in [9.17, 15) is 9.59 Å². The lowest BCUT2D eigenvalue weighted by atomic mass is 10.3. The van der Waals surface area contributed by atoms with Crippen molar-refractivity contribution in [3.05, 3.63) is 22.8 Å². The summed E-state index contributed by atoms with van der Waals surface area (Å²) < 4.78 is 4.48. The fraction of sp³-hybridized carbons (Fsp3) is 0.300. The average molecular weight is 276 g/mol. The number of ether oxygens (including phenoxy) is 1. The molecule has 0 spiro atoms. The van der Waals surface area contributed by atoms with Crippen LogP contribution < -0.4 is 0 Å². The van der Waals surface area contributed by atoms with Gasteiger partial charge in [-0.15, -0.1) is 11.8 Å². The number of rotatable bonds is 5. The number of aromatic carboxylic acids is 1. The second kappa shape index (κ2) is 6.46. The second-order valence-corrected chi connectivity index (χ2v) is 4.50. The van der Waals surface area contributed by atoms with Gasteiger partial charge in [0.15, 0.2) is 0 Å². The third kappa shape index (κ3) is 4.24. The van der Waals surface area contributed by atoms with Gasteiger partial charge in [-0.05, 0) is 6.07 Å². The van der Waals surface area contributed by atoms with E-state index in [0.717, 1.165) is 0 Å². The highest BCUT2D eigenvalue weighted by molar-refractivity contribution is 7.99. The Morgan fingerprint density at radius 3 is 2.88 bits per heavy atom. The molecule has 0 saturated carbocycles. The van der Waals surface area contributed by atoms with E-state index in [-0.39, 0.29) is 23.0 Å². The van der Waals surface area contributed by atoms with Gasteiger partial charge in [0.25, 0.3) is 0 Å². The number of hydrogen-bond donors (Lipinski definition) is 1. The smallest absolute Gasteiger partial charge is 0.337 e. The lowest BCUT2D eigenvalue weighted by Gasteiger charge is -2.03. The molecule has 0 aromatic carbocycles. The van der Waals surface area contributed by atoms with E-state index in [4.69, 9.17) is 16.7 Å². The Morgan fingerprint density at radius 1 is 1.59 bits per heavy atom. The number of carbonyl (C=O) groups is 2. The minimum atomic E-state index is -1.10. The van der Waals surface area contributed by atoms with Crippen LogP contribution in [-0.2, 0) is 9.53 Å².